The summed E-state index contributed by atoms with van der Waals surface area (Å²) < 4.78 is 6.31. The van der Waals surface area contributed by atoms with Crippen LogP contribution < -0.4 is 5.32 Å². The molecule has 2 rings (SSSR count). The largest absolute Gasteiger partial charge is 0.508 e. The van der Waals surface area contributed by atoms with E-state index in [2.05, 4.69) is 10.7 Å². The minimum Gasteiger partial charge on any atom is -0.508 e. The molecule has 1 heterocycles. The minimum atomic E-state index is -0.481. The number of hydrogen-bond donors (Lipinski definition) is 2. The molecule has 4 nitrogen and oxygen atoms in total. The number of aromatic hydroxyl groups is 1. The molecule has 5 heteroatoms. The molecule has 0 aliphatic rings. The van der Waals surface area contributed by atoms with Crippen LogP contribution in [0.5, 0.6) is 5.75 Å². The van der Waals surface area contributed by atoms with Crippen LogP contribution in [0.15, 0.2) is 23.6 Å². The summed E-state index contributed by atoms with van der Waals surface area (Å²) in [5.41, 5.74) is 0.641. The molecule has 2 N–H and O–H groups in total. The van der Waals surface area contributed by atoms with E-state index in [1.807, 2.05) is 26.8 Å². The molecule has 0 spiro atoms. The fraction of sp³-hybridized carbons (Fsp3) is 0.400. The van der Waals surface area contributed by atoms with Crippen molar-refractivity contribution in [2.75, 3.05) is 6.54 Å². The smallest absolute Gasteiger partial charge is 0.407 e. The number of amides is 1. The third-order valence-electron chi connectivity index (χ3n) is 2.70. The van der Waals surface area contributed by atoms with Gasteiger partial charge in [-0.25, -0.2) is 4.79 Å². The maximum atomic E-state index is 11.5. The third kappa shape index (κ3) is 3.87. The van der Waals surface area contributed by atoms with Gasteiger partial charge in [0, 0.05) is 11.2 Å². The zero-order chi connectivity index (χ0) is 14.8. The topological polar surface area (TPSA) is 58.6 Å². The lowest BCUT2D eigenvalue weighted by atomic mass is 10.1. The van der Waals surface area contributed by atoms with Crippen molar-refractivity contribution in [3.8, 4) is 5.75 Å². The molecular weight excluding hydrogens is 274 g/mol. The lowest BCUT2D eigenvalue weighted by molar-refractivity contribution is 0.0528. The van der Waals surface area contributed by atoms with Gasteiger partial charge in [-0.3, -0.25) is 0 Å². The number of phenolic OH excluding ortho intramolecular Hbond substituents is 1. The van der Waals surface area contributed by atoms with Crippen LogP contribution in [0.25, 0.3) is 10.1 Å². The van der Waals surface area contributed by atoms with Crippen LogP contribution in [0.3, 0.4) is 0 Å². The average Bonchev–Trinajstić information content (AvgIpc) is 2.69. The Morgan fingerprint density at radius 2 is 2.15 bits per heavy atom. The highest BCUT2D eigenvalue weighted by Crippen LogP contribution is 2.29. The van der Waals surface area contributed by atoms with Gasteiger partial charge < -0.3 is 15.2 Å². The number of alkyl carbamates (subject to hydrolysis) is 1. The maximum Gasteiger partial charge on any atom is 0.407 e. The number of fused-ring (bicyclic) bond motifs is 1. The van der Waals surface area contributed by atoms with Crippen LogP contribution in [-0.2, 0) is 11.2 Å². The molecule has 0 aliphatic carbocycles. The molecule has 1 aromatic carbocycles. The molecule has 0 saturated carbocycles. The van der Waals surface area contributed by atoms with E-state index in [1.165, 1.54) is 0 Å². The number of carbonyl (C=O) groups excluding carboxylic acids is 1. The first kappa shape index (κ1) is 14.7. The van der Waals surface area contributed by atoms with Gasteiger partial charge in [0.1, 0.15) is 11.4 Å². The van der Waals surface area contributed by atoms with Crippen molar-refractivity contribution in [2.45, 2.75) is 32.8 Å². The first-order chi connectivity index (χ1) is 9.35. The molecule has 20 heavy (non-hydrogen) atoms. The van der Waals surface area contributed by atoms with Crippen LogP contribution in [-0.4, -0.2) is 23.3 Å². The number of ether oxygens (including phenoxy) is 1. The van der Waals surface area contributed by atoms with Gasteiger partial charge in [0.05, 0.1) is 0 Å². The van der Waals surface area contributed by atoms with Gasteiger partial charge in [0.25, 0.3) is 0 Å². The number of nitrogens with one attached hydrogen (secondary N) is 1. The van der Waals surface area contributed by atoms with Gasteiger partial charge in [0.2, 0.25) is 0 Å². The van der Waals surface area contributed by atoms with Crippen molar-refractivity contribution in [1.82, 2.24) is 5.32 Å². The lowest BCUT2D eigenvalue weighted by Gasteiger charge is -2.19. The van der Waals surface area contributed by atoms with Crippen LogP contribution in [0.4, 0.5) is 4.79 Å². The van der Waals surface area contributed by atoms with E-state index in [1.54, 1.807) is 23.5 Å². The zero-order valence-electron chi connectivity index (χ0n) is 11.9. The quantitative estimate of drug-likeness (QED) is 0.907. The van der Waals surface area contributed by atoms with E-state index < -0.39 is 11.7 Å². The predicted molar refractivity (Wildman–Crippen MR) is 81.4 cm³/mol. The van der Waals surface area contributed by atoms with Crippen LogP contribution in [0, 0.1) is 0 Å². The number of hydrogen-bond acceptors (Lipinski definition) is 4. The number of rotatable bonds is 3. The van der Waals surface area contributed by atoms with Crippen LogP contribution in [0.1, 0.15) is 26.3 Å². The Labute approximate surface area is 122 Å². The maximum absolute atomic E-state index is 11.5. The fourth-order valence-electron chi connectivity index (χ4n) is 1.88. The highest BCUT2D eigenvalue weighted by Gasteiger charge is 2.15. The monoisotopic (exact) mass is 293 g/mol. The van der Waals surface area contributed by atoms with Gasteiger partial charge in [-0.15, -0.1) is 11.3 Å². The van der Waals surface area contributed by atoms with Crippen LogP contribution >= 0.6 is 11.3 Å². The predicted octanol–water partition coefficient (Wildman–Crippen LogP) is 3.67. The third-order valence-corrected chi connectivity index (χ3v) is 3.71. The summed E-state index contributed by atoms with van der Waals surface area (Å²) in [5.74, 6) is 0.261. The summed E-state index contributed by atoms with van der Waals surface area (Å²) in [4.78, 5) is 11.5. The molecule has 0 atom stereocenters. The zero-order valence-corrected chi connectivity index (χ0v) is 12.7. The summed E-state index contributed by atoms with van der Waals surface area (Å²) in [6, 6.07) is 5.34. The van der Waals surface area contributed by atoms with E-state index in [4.69, 9.17) is 4.74 Å². The molecule has 0 fully saturated rings. The Balaban J connectivity index is 1.93. The van der Waals surface area contributed by atoms with Crippen molar-refractivity contribution in [3.05, 3.63) is 29.1 Å². The first-order valence-corrected chi connectivity index (χ1v) is 7.39. The highest BCUT2D eigenvalue weighted by molar-refractivity contribution is 7.17. The molecule has 0 radical (unpaired) electrons. The Bertz CT molecular complexity index is 613. The second-order valence-electron chi connectivity index (χ2n) is 5.62. The number of phenols is 1. The molecule has 0 bridgehead atoms. The van der Waals surface area contributed by atoms with Gasteiger partial charge >= 0.3 is 6.09 Å². The second-order valence-corrected chi connectivity index (χ2v) is 6.53. The van der Waals surface area contributed by atoms with E-state index >= 15 is 0 Å². The first-order valence-electron chi connectivity index (χ1n) is 6.51. The van der Waals surface area contributed by atoms with E-state index in [0.29, 0.717) is 13.0 Å². The average molecular weight is 293 g/mol. The fourth-order valence-corrected chi connectivity index (χ4v) is 2.85. The summed E-state index contributed by atoms with van der Waals surface area (Å²) in [6.07, 6.45) is 0.308. The molecule has 108 valence electrons. The summed E-state index contributed by atoms with van der Waals surface area (Å²) >= 11 is 1.64. The van der Waals surface area contributed by atoms with Crippen molar-refractivity contribution in [3.63, 3.8) is 0 Å². The Morgan fingerprint density at radius 3 is 2.85 bits per heavy atom. The Kier molecular flexibility index (Phi) is 4.18. The number of thiophene rings is 1. The van der Waals surface area contributed by atoms with Gasteiger partial charge in [-0.1, -0.05) is 0 Å². The van der Waals surface area contributed by atoms with Crippen molar-refractivity contribution < 1.29 is 14.6 Å². The molecular formula is C15H19NO3S. The second kappa shape index (κ2) is 5.71. The number of benzene rings is 1. The van der Waals surface area contributed by atoms with Crippen molar-refractivity contribution >= 4 is 27.5 Å². The van der Waals surface area contributed by atoms with Crippen molar-refractivity contribution in [2.24, 2.45) is 0 Å². The van der Waals surface area contributed by atoms with E-state index in [9.17, 15) is 9.90 Å². The highest BCUT2D eigenvalue weighted by atomic mass is 32.1. The van der Waals surface area contributed by atoms with Gasteiger partial charge in [-0.05, 0) is 61.7 Å². The lowest BCUT2D eigenvalue weighted by Crippen LogP contribution is -2.33. The standard InChI is InChI=1S/C15H19NO3S/c1-15(2,3)19-14(18)16-7-6-10-9-20-13-5-4-11(17)8-12(10)13/h4-5,8-9,17H,6-7H2,1-3H3,(H,16,18). The van der Waals surface area contributed by atoms with Crippen molar-refractivity contribution in [1.29, 1.82) is 0 Å². The summed E-state index contributed by atoms with van der Waals surface area (Å²) in [6.45, 7) is 6.02. The molecule has 0 saturated heterocycles. The Hall–Kier alpha value is -1.75. The molecule has 1 aromatic heterocycles. The van der Waals surface area contributed by atoms with E-state index in [-0.39, 0.29) is 5.75 Å². The van der Waals surface area contributed by atoms with Gasteiger partial charge in [0.15, 0.2) is 0 Å². The van der Waals surface area contributed by atoms with Crippen LogP contribution in [0.2, 0.25) is 0 Å². The summed E-state index contributed by atoms with van der Waals surface area (Å²) in [5, 5.41) is 15.4. The van der Waals surface area contributed by atoms with E-state index in [0.717, 1.165) is 15.6 Å². The molecule has 1 amide bonds. The molecule has 0 aliphatic heterocycles. The Morgan fingerprint density at radius 1 is 1.40 bits per heavy atom. The minimum absolute atomic E-state index is 0.261. The normalized spacial score (nSPS) is 11.6. The molecule has 2 aromatic rings. The van der Waals surface area contributed by atoms with Gasteiger partial charge in [-0.2, -0.15) is 0 Å². The number of carbonyl (C=O) groups is 1. The summed E-state index contributed by atoms with van der Waals surface area (Å²) in [7, 11) is 0. The SMILES string of the molecule is CC(C)(C)OC(=O)NCCc1csc2ccc(O)cc12. The molecule has 0 unspecified atom stereocenters.